The van der Waals surface area contributed by atoms with E-state index in [2.05, 4.69) is 320 Å². The molecule has 108 heavy (non-hydrogen) atoms. The van der Waals surface area contributed by atoms with Crippen molar-refractivity contribution < 1.29 is 47.2 Å². The summed E-state index contributed by atoms with van der Waals surface area (Å²) in [5, 5.41) is 16.5. The van der Waals surface area contributed by atoms with Gasteiger partial charge in [-0.25, -0.2) is 0 Å². The number of carboxylic acid groups (broad SMARTS) is 2. The molecule has 553 valence electrons. The van der Waals surface area contributed by atoms with E-state index < -0.39 is 11.9 Å². The summed E-state index contributed by atoms with van der Waals surface area (Å²) in [5.74, 6) is 0.773. The molecule has 1 heterocycles. The number of rotatable bonds is 11. The van der Waals surface area contributed by atoms with E-state index in [1.807, 2.05) is 37.4 Å². The van der Waals surface area contributed by atoms with E-state index in [4.69, 9.17) is 33.7 Å². The molecule has 2 aliphatic carbocycles. The van der Waals surface area contributed by atoms with E-state index in [0.717, 1.165) is 104 Å². The molecule has 1 aliphatic heterocycles. The number of halogens is 1. The molecule has 12 aromatic carbocycles. The van der Waals surface area contributed by atoms with Crippen molar-refractivity contribution in [1.29, 1.82) is 0 Å². The van der Waals surface area contributed by atoms with E-state index in [-0.39, 0.29) is 37.5 Å². The minimum atomic E-state index is -0.833. The number of carboxylic acids is 2. The van der Waals surface area contributed by atoms with E-state index in [1.165, 1.54) is 139 Å². The van der Waals surface area contributed by atoms with Gasteiger partial charge in [0.05, 0.1) is 7.11 Å². The van der Waals surface area contributed by atoms with Gasteiger partial charge in [0.2, 0.25) is 0 Å². The first-order chi connectivity index (χ1) is 52.1. The van der Waals surface area contributed by atoms with Crippen LogP contribution in [0.15, 0.2) is 302 Å². The molecule has 13 heteroatoms. The van der Waals surface area contributed by atoms with Crippen molar-refractivity contribution in [2.45, 2.75) is 123 Å². The number of methoxy groups -OCH3 is 1. The summed E-state index contributed by atoms with van der Waals surface area (Å²) in [6, 6.07) is 106. The molecule has 15 rings (SSSR count). The van der Waals surface area contributed by atoms with Crippen LogP contribution in [0.2, 0.25) is 0 Å². The van der Waals surface area contributed by atoms with Crippen molar-refractivity contribution >= 4 is 110 Å². The summed E-state index contributed by atoms with van der Waals surface area (Å²) < 4.78 is 15.0. The molecule has 3 aliphatic rings. The Labute approximate surface area is 683 Å². The predicted octanol–water partition coefficient (Wildman–Crippen LogP) is 26.0. The minimum absolute atomic E-state index is 0. The number of nitrogen functional groups attached to an aromatic ring is 1. The van der Waals surface area contributed by atoms with Gasteiger partial charge in [-0.05, 0) is 208 Å². The van der Waals surface area contributed by atoms with Crippen molar-refractivity contribution in [3.8, 4) is 61.4 Å². The fourth-order valence-electron chi connectivity index (χ4n) is 14.3. The number of hydrogen-bond acceptors (Lipinski definition) is 7. The van der Waals surface area contributed by atoms with Crippen molar-refractivity contribution in [3.63, 3.8) is 0 Å². The van der Waals surface area contributed by atoms with Crippen molar-refractivity contribution in [2.75, 3.05) is 22.6 Å². The average molecular weight is 1620 g/mol. The molecular weight excluding hydrogens is 1520 g/mol. The number of para-hydroxylation sites is 3. The van der Waals surface area contributed by atoms with Crippen LogP contribution < -0.4 is 25.6 Å². The van der Waals surface area contributed by atoms with Crippen LogP contribution in [-0.4, -0.2) is 70.1 Å². The van der Waals surface area contributed by atoms with E-state index >= 15 is 0 Å². The molecule has 2 saturated carbocycles. The third-order valence-corrected chi connectivity index (χ3v) is 23.0. The van der Waals surface area contributed by atoms with E-state index in [0.29, 0.717) is 0 Å². The Bertz CT molecular complexity index is 4580. The topological polar surface area (TPSA) is 133 Å². The Balaban J connectivity index is 0.000000187. The quantitative estimate of drug-likeness (QED) is 0.0501. The summed E-state index contributed by atoms with van der Waals surface area (Å²) in [4.78, 5) is 22.6. The van der Waals surface area contributed by atoms with Crippen LogP contribution in [0.3, 0.4) is 0 Å². The number of nitrogens with zero attached hydrogens (tertiary/aromatic N) is 2. The molecule has 2 fully saturated rings. The Kier molecular flexibility index (Phi) is 34.5. The molecule has 4 bridgehead atoms. The summed E-state index contributed by atoms with van der Waals surface area (Å²) in [7, 11) is 1.69. The molecular formula is C95H98BrN3NaO6PPd-. The smallest absolute Gasteiger partial charge is 0.0467 e. The van der Waals surface area contributed by atoms with Crippen LogP contribution in [0.5, 0.6) is 5.75 Å². The molecule has 0 atom stereocenters. The van der Waals surface area contributed by atoms with Gasteiger partial charge in [-0.2, -0.15) is 20.8 Å². The van der Waals surface area contributed by atoms with Gasteiger partial charge < -0.3 is 36.4 Å². The maximum atomic E-state index is 9.00. The largest absolute Gasteiger partial charge is 0.310 e. The zero-order valence-electron chi connectivity index (χ0n) is 63.4. The second kappa shape index (κ2) is 44.0. The Morgan fingerprint density at radius 1 is 0.463 bits per heavy atom. The summed E-state index contributed by atoms with van der Waals surface area (Å²) >= 11 is 5.20. The molecule has 0 unspecified atom stereocenters. The third-order valence-electron chi connectivity index (χ3n) is 18.8. The van der Waals surface area contributed by atoms with Crippen LogP contribution in [0.1, 0.15) is 116 Å². The first-order valence-corrected chi connectivity index (χ1v) is 39.6. The first kappa shape index (κ1) is 84.8. The van der Waals surface area contributed by atoms with Gasteiger partial charge in [-0.1, -0.05) is 269 Å². The summed E-state index contributed by atoms with van der Waals surface area (Å²) in [5.41, 5.74) is 31.9. The molecule has 0 spiro atoms. The van der Waals surface area contributed by atoms with Crippen molar-refractivity contribution in [3.05, 3.63) is 324 Å². The SMILES string of the molecule is CC(=O)O.CC(=O)O.COc1cccc(C)c1-c1ccccc1P(C1CCCCC1)C1CCCCC1.C[C-](C)C.Nc1ccccc1-c1cccc(N(c2ccccc2)c2cccc(-c3ccccc3Br)c2)c1.[Na].[O]=[Pd].c1ccc(N2c3cccc(c3)-c3ccccc3Cc3ccccc3-c3cccc2c3)cc1. The number of ether oxygens (including phenoxy) is 1. The minimum Gasteiger partial charge on any atom is -0.310 e. The second-order valence-corrected chi connectivity index (χ2v) is 30.9. The van der Waals surface area contributed by atoms with Gasteiger partial charge in [-0.3, -0.25) is 9.59 Å². The summed E-state index contributed by atoms with van der Waals surface area (Å²) in [6.07, 6.45) is 15.3. The number of anilines is 7. The Morgan fingerprint density at radius 2 is 0.833 bits per heavy atom. The molecule has 0 saturated heterocycles. The Morgan fingerprint density at radius 3 is 1.31 bits per heavy atom. The van der Waals surface area contributed by atoms with Gasteiger partial charge >= 0.3 is 22.6 Å². The van der Waals surface area contributed by atoms with Crippen LogP contribution in [0.4, 0.5) is 39.8 Å². The third kappa shape index (κ3) is 23.8. The number of aliphatic carboxylic acids is 2. The fraction of sp³-hybridized carbons (Fsp3) is 0.211. The number of nitrogens with two attached hydrogens (primary N) is 1. The van der Waals surface area contributed by atoms with Crippen LogP contribution in [0, 0.1) is 12.8 Å². The second-order valence-electron chi connectivity index (χ2n) is 27.3. The number of hydrogen-bond donors (Lipinski definition) is 3. The molecule has 9 nitrogen and oxygen atoms in total. The molecule has 12 aromatic rings. The van der Waals surface area contributed by atoms with Gasteiger partial charge in [-0.15, -0.1) is 0 Å². The monoisotopic (exact) mass is 1620 g/mol. The molecule has 0 amide bonds. The van der Waals surface area contributed by atoms with Gasteiger partial charge in [0.15, 0.2) is 0 Å². The van der Waals surface area contributed by atoms with Crippen molar-refractivity contribution in [1.82, 2.24) is 0 Å². The predicted molar refractivity (Wildman–Crippen MR) is 456 cm³/mol. The van der Waals surface area contributed by atoms with Gasteiger partial charge in [0.25, 0.3) is 11.9 Å². The van der Waals surface area contributed by atoms with Gasteiger partial charge in [0, 0.05) is 98.8 Å². The van der Waals surface area contributed by atoms with E-state index in [9.17, 15) is 0 Å². The fourth-order valence-corrected chi connectivity index (χ4v) is 18.8. The average Bonchev–Trinajstić information content (AvgIpc) is 0.785. The van der Waals surface area contributed by atoms with Crippen LogP contribution >= 0.6 is 23.9 Å². The standard InChI is InChI=1S/C31H23N.C30H23BrN2.C26H35OP.C4H9.2C2H4O2.Na.O.Pd/c1-2-14-27(15-3-1)32-28-16-8-12-25(21-28)30-18-6-4-10-23(30)20-24-11-5-7-19-31(24)26-13-9-17-29(32)22-26;31-29-18-6-4-16-27(29)22-10-8-14-25(20-22)33(24-12-2-1-3-13-24)26-15-9-11-23(21-26)28-17-5-7-19-30(28)32;1-20-12-11-18-24(27-2)26(20)23-17-9-10-19-25(23)28(21-13-5-3-6-14-21)22-15-7-4-8-16-22;1-4(2)3;2*1-2(3)4;;;/h1-19,21-22H,20H2;1-21H,32H2;9-12,17-19,21-22H,3-8,13-16H2,1-2H3;1-3H3;2*1H3,(H,3,4);;;/q;;;-1;;;;;. The maximum Gasteiger partial charge on any atom is 0.0467 e. The number of aryl methyl sites for hydroxylation is 1. The number of fused-ring (bicyclic) bond motifs is 8. The van der Waals surface area contributed by atoms with Crippen LogP contribution in [0.25, 0.3) is 55.6 Å². The van der Waals surface area contributed by atoms with E-state index in [1.54, 1.807) is 5.30 Å². The van der Waals surface area contributed by atoms with Gasteiger partial charge in [0.1, 0.15) is 5.75 Å². The summed E-state index contributed by atoms with van der Waals surface area (Å²) in [6.45, 7) is 10.7. The number of carbonyl (C=O) groups is 2. The van der Waals surface area contributed by atoms with Crippen LogP contribution in [-0.2, 0) is 38.6 Å². The Hall–Kier alpha value is -8.85. The van der Waals surface area contributed by atoms with Crippen molar-refractivity contribution in [2.24, 2.45) is 0 Å². The maximum absolute atomic E-state index is 9.00. The number of benzene rings is 12. The normalized spacial score (nSPS) is 12.7. The molecule has 0 aromatic heterocycles. The first-order valence-electron chi connectivity index (χ1n) is 36.7. The zero-order valence-corrected chi connectivity index (χ0v) is 69.4. The molecule has 4 N–H and O–H groups in total. The zero-order chi connectivity index (χ0) is 76.0. The molecule has 1 radical (unpaired) electrons.